The van der Waals surface area contributed by atoms with E-state index in [1.807, 2.05) is 26.0 Å². The van der Waals surface area contributed by atoms with Crippen molar-refractivity contribution < 1.29 is 14.3 Å². The number of rotatable bonds is 7. The van der Waals surface area contributed by atoms with E-state index in [0.29, 0.717) is 18.3 Å². The number of nitrogens with zero attached hydrogens (tertiary/aromatic N) is 2. The lowest BCUT2D eigenvalue weighted by atomic mass is 10.1. The molecule has 5 N–H and O–H groups in total. The third-order valence-corrected chi connectivity index (χ3v) is 4.78. The van der Waals surface area contributed by atoms with E-state index in [9.17, 15) is 4.79 Å². The minimum atomic E-state index is -0.151. The Morgan fingerprint density at radius 2 is 2.07 bits per heavy atom. The summed E-state index contributed by atoms with van der Waals surface area (Å²) in [7, 11) is 0. The molecule has 1 atom stereocenters. The summed E-state index contributed by atoms with van der Waals surface area (Å²) in [6, 6.07) is 5.41. The topological polar surface area (TPSA) is 125 Å². The van der Waals surface area contributed by atoms with Crippen molar-refractivity contribution in [2.24, 2.45) is 0 Å². The number of benzene rings is 1. The maximum Gasteiger partial charge on any atom is 0.230 e. The summed E-state index contributed by atoms with van der Waals surface area (Å²) in [5, 5.41) is 3.26. The molecule has 0 aliphatic carbocycles. The number of carbonyl (C=O) groups excluding carboxylic acids is 1. The Hall–Kier alpha value is -2.68. The molecule has 2 heterocycles. The van der Waals surface area contributed by atoms with Crippen LogP contribution in [-0.2, 0) is 17.8 Å². The molecule has 0 radical (unpaired) electrons. The van der Waals surface area contributed by atoms with E-state index in [0.717, 1.165) is 29.0 Å². The summed E-state index contributed by atoms with van der Waals surface area (Å²) < 4.78 is 11.5. The fourth-order valence-electron chi connectivity index (χ4n) is 2.81. The van der Waals surface area contributed by atoms with E-state index in [1.165, 1.54) is 17.8 Å². The maximum atomic E-state index is 12.2. The van der Waals surface area contributed by atoms with E-state index < -0.39 is 0 Å². The Bertz CT molecular complexity index is 826. The summed E-state index contributed by atoms with van der Waals surface area (Å²) in [5.41, 5.74) is 13.3. The largest absolute Gasteiger partial charge is 0.494 e. The molecular weight excluding hydrogens is 366 g/mol. The van der Waals surface area contributed by atoms with Gasteiger partial charge in [0.1, 0.15) is 29.2 Å². The quantitative estimate of drug-likeness (QED) is 0.483. The van der Waals surface area contributed by atoms with E-state index in [1.54, 1.807) is 0 Å². The molecule has 0 bridgehead atoms. The van der Waals surface area contributed by atoms with E-state index in [2.05, 4.69) is 15.3 Å². The minimum absolute atomic E-state index is 0.151. The molecule has 144 valence electrons. The number of hydrogen-bond acceptors (Lipinski definition) is 8. The number of fused-ring (bicyclic) bond motifs is 1. The summed E-state index contributed by atoms with van der Waals surface area (Å²) in [5.74, 6) is 2.19. The Kier molecular flexibility index (Phi) is 5.90. The standard InChI is InChI=1S/C18H23N5O3S/c1-3-25-13-5-11-4-10(2)26-14(11)6-12(13)8-21-17(24)9-27-18-22-15(19)7-16(20)23-18/h5-7,10H,3-4,8-9H2,1-2H3,(H,21,24)(H4,19,20,22,23)/t10-/m0/s1. The van der Waals surface area contributed by atoms with Gasteiger partial charge in [-0.1, -0.05) is 11.8 Å². The molecule has 27 heavy (non-hydrogen) atoms. The van der Waals surface area contributed by atoms with Crippen LogP contribution in [0.5, 0.6) is 11.5 Å². The van der Waals surface area contributed by atoms with Gasteiger partial charge in [-0.25, -0.2) is 9.97 Å². The number of ether oxygens (including phenoxy) is 2. The van der Waals surface area contributed by atoms with Crippen LogP contribution in [0.2, 0.25) is 0 Å². The van der Waals surface area contributed by atoms with Gasteiger partial charge in [-0.2, -0.15) is 0 Å². The molecule has 0 unspecified atom stereocenters. The van der Waals surface area contributed by atoms with Crippen molar-refractivity contribution in [3.8, 4) is 11.5 Å². The molecule has 1 amide bonds. The Morgan fingerprint density at radius 1 is 1.33 bits per heavy atom. The minimum Gasteiger partial charge on any atom is -0.494 e. The predicted octanol–water partition coefficient (Wildman–Crippen LogP) is 1.77. The van der Waals surface area contributed by atoms with Crippen molar-refractivity contribution in [2.45, 2.75) is 38.1 Å². The fraction of sp³-hybridized carbons (Fsp3) is 0.389. The summed E-state index contributed by atoms with van der Waals surface area (Å²) in [6.45, 7) is 4.87. The molecule has 1 aromatic carbocycles. The second-order valence-corrected chi connectivity index (χ2v) is 7.14. The van der Waals surface area contributed by atoms with Crippen molar-refractivity contribution >= 4 is 29.3 Å². The first kappa shape index (κ1) is 19.1. The predicted molar refractivity (Wildman–Crippen MR) is 105 cm³/mol. The maximum absolute atomic E-state index is 12.2. The van der Waals surface area contributed by atoms with Crippen LogP contribution in [0.15, 0.2) is 23.4 Å². The van der Waals surface area contributed by atoms with Gasteiger partial charge in [-0.3, -0.25) is 4.79 Å². The molecule has 8 nitrogen and oxygen atoms in total. The van der Waals surface area contributed by atoms with Gasteiger partial charge in [-0.05, 0) is 26.0 Å². The van der Waals surface area contributed by atoms with E-state index >= 15 is 0 Å². The average Bonchev–Trinajstić information content (AvgIpc) is 2.96. The van der Waals surface area contributed by atoms with Gasteiger partial charge in [0.15, 0.2) is 5.16 Å². The number of nitrogens with two attached hydrogens (primary N) is 2. The molecule has 1 aromatic heterocycles. The van der Waals surface area contributed by atoms with Crippen molar-refractivity contribution in [1.82, 2.24) is 15.3 Å². The highest BCUT2D eigenvalue weighted by atomic mass is 32.2. The van der Waals surface area contributed by atoms with Crippen LogP contribution in [0.1, 0.15) is 25.0 Å². The van der Waals surface area contributed by atoms with Crippen LogP contribution < -0.4 is 26.3 Å². The molecule has 2 aromatic rings. The Balaban J connectivity index is 1.60. The zero-order valence-corrected chi connectivity index (χ0v) is 16.1. The van der Waals surface area contributed by atoms with Crippen LogP contribution in [-0.4, -0.2) is 34.3 Å². The van der Waals surface area contributed by atoms with Crippen molar-refractivity contribution in [3.05, 3.63) is 29.3 Å². The molecule has 0 saturated heterocycles. The molecule has 0 fully saturated rings. The highest BCUT2D eigenvalue weighted by molar-refractivity contribution is 7.99. The number of carbonyl (C=O) groups is 1. The van der Waals surface area contributed by atoms with Gasteiger partial charge < -0.3 is 26.3 Å². The van der Waals surface area contributed by atoms with Crippen LogP contribution in [0.3, 0.4) is 0 Å². The summed E-state index contributed by atoms with van der Waals surface area (Å²) in [6.07, 6.45) is 1.02. The molecule has 0 saturated carbocycles. The van der Waals surface area contributed by atoms with Crippen LogP contribution in [0.4, 0.5) is 11.6 Å². The van der Waals surface area contributed by atoms with Crippen molar-refractivity contribution in [2.75, 3.05) is 23.8 Å². The van der Waals surface area contributed by atoms with Gasteiger partial charge in [0, 0.05) is 30.2 Å². The van der Waals surface area contributed by atoms with Crippen LogP contribution >= 0.6 is 11.8 Å². The lowest BCUT2D eigenvalue weighted by molar-refractivity contribution is -0.118. The average molecular weight is 389 g/mol. The van der Waals surface area contributed by atoms with E-state index in [-0.39, 0.29) is 29.4 Å². The summed E-state index contributed by atoms with van der Waals surface area (Å²) in [4.78, 5) is 20.3. The lowest BCUT2D eigenvalue weighted by Gasteiger charge is -2.13. The number of aromatic nitrogens is 2. The Labute approximate surface area is 162 Å². The second-order valence-electron chi connectivity index (χ2n) is 6.20. The Morgan fingerprint density at radius 3 is 2.78 bits per heavy atom. The third kappa shape index (κ3) is 4.94. The molecule has 1 aliphatic heterocycles. The van der Waals surface area contributed by atoms with Gasteiger partial charge in [0.25, 0.3) is 0 Å². The number of anilines is 2. The number of thioether (sulfide) groups is 1. The number of amides is 1. The first-order chi connectivity index (χ1) is 12.9. The second kappa shape index (κ2) is 8.34. The molecule has 1 aliphatic rings. The smallest absolute Gasteiger partial charge is 0.230 e. The highest BCUT2D eigenvalue weighted by Gasteiger charge is 2.22. The van der Waals surface area contributed by atoms with Crippen LogP contribution in [0.25, 0.3) is 0 Å². The van der Waals surface area contributed by atoms with E-state index in [4.69, 9.17) is 20.9 Å². The molecule has 9 heteroatoms. The first-order valence-corrected chi connectivity index (χ1v) is 9.68. The SMILES string of the molecule is CCOc1cc2c(cc1CNC(=O)CSc1nc(N)cc(N)n1)O[C@@H](C)C2. The number of nitrogens with one attached hydrogen (secondary N) is 1. The lowest BCUT2D eigenvalue weighted by Crippen LogP contribution is -2.25. The zero-order chi connectivity index (χ0) is 19.4. The van der Waals surface area contributed by atoms with Crippen molar-refractivity contribution in [1.29, 1.82) is 0 Å². The molecule has 3 rings (SSSR count). The summed E-state index contributed by atoms with van der Waals surface area (Å²) >= 11 is 1.18. The first-order valence-electron chi connectivity index (χ1n) is 8.69. The van der Waals surface area contributed by atoms with Gasteiger partial charge in [0.05, 0.1) is 12.4 Å². The van der Waals surface area contributed by atoms with Gasteiger partial charge in [0.2, 0.25) is 5.91 Å². The van der Waals surface area contributed by atoms with Crippen molar-refractivity contribution in [3.63, 3.8) is 0 Å². The number of nitrogen functional groups attached to an aromatic ring is 2. The molecular formula is C18H23N5O3S. The number of hydrogen-bond donors (Lipinski definition) is 3. The van der Waals surface area contributed by atoms with Gasteiger partial charge in [-0.15, -0.1) is 0 Å². The zero-order valence-electron chi connectivity index (χ0n) is 15.3. The molecule has 0 spiro atoms. The highest BCUT2D eigenvalue weighted by Crippen LogP contribution is 2.35. The third-order valence-electron chi connectivity index (χ3n) is 3.93. The van der Waals surface area contributed by atoms with Crippen LogP contribution in [0, 0.1) is 0 Å². The normalized spacial score (nSPS) is 15.1. The van der Waals surface area contributed by atoms with Gasteiger partial charge >= 0.3 is 0 Å². The monoisotopic (exact) mass is 389 g/mol. The fourth-order valence-corrected chi connectivity index (χ4v) is 3.51.